The smallest absolute Gasteiger partial charge is 0.228 e. The van der Waals surface area contributed by atoms with Crippen LogP contribution in [0.3, 0.4) is 0 Å². The van der Waals surface area contributed by atoms with Crippen LogP contribution in [-0.4, -0.2) is 28.2 Å². The summed E-state index contributed by atoms with van der Waals surface area (Å²) in [6, 6.07) is 20.5. The normalized spacial score (nSPS) is 11.9. The summed E-state index contributed by atoms with van der Waals surface area (Å²) < 4.78 is 0. The molecule has 1 amide bonds. The lowest BCUT2D eigenvalue weighted by Crippen LogP contribution is -2.30. The molecule has 0 bridgehead atoms. The van der Waals surface area contributed by atoms with Crippen LogP contribution in [0.2, 0.25) is 0 Å². The number of anilines is 2. The minimum absolute atomic E-state index is 0.124. The number of nitrogens with one attached hydrogen (secondary N) is 2. The Balaban J connectivity index is 0.00000151. The number of benzene rings is 2. The molecule has 0 aromatic heterocycles. The summed E-state index contributed by atoms with van der Waals surface area (Å²) in [4.78, 5) is 12.4. The Bertz CT molecular complexity index is 662. The minimum atomic E-state index is -0.448. The molecule has 2 atom stereocenters. The first-order chi connectivity index (χ1) is 12.2. The van der Waals surface area contributed by atoms with E-state index in [1.165, 1.54) is 0 Å². The van der Waals surface area contributed by atoms with E-state index in [2.05, 4.69) is 29.3 Å². The highest BCUT2D eigenvalue weighted by atomic mass is 32.1. The number of rotatable bonds is 7. The van der Waals surface area contributed by atoms with E-state index < -0.39 is 6.04 Å². The molecule has 0 spiro atoms. The van der Waals surface area contributed by atoms with Crippen molar-refractivity contribution in [3.63, 3.8) is 0 Å². The Morgan fingerprint density at radius 2 is 1.56 bits per heavy atom. The molecule has 2 aromatic rings. The van der Waals surface area contributed by atoms with Crippen molar-refractivity contribution in [2.45, 2.75) is 12.5 Å². The van der Waals surface area contributed by atoms with Crippen molar-refractivity contribution >= 4 is 29.9 Å². The lowest BCUT2D eigenvalue weighted by molar-refractivity contribution is -0.176. The number of hydrogen-bond acceptors (Lipinski definition) is 6. The summed E-state index contributed by atoms with van der Waals surface area (Å²) in [5.41, 5.74) is 1.61. The Hall–Kier alpha value is -2.53. The van der Waals surface area contributed by atoms with Crippen LogP contribution in [0.25, 0.3) is 0 Å². The summed E-state index contributed by atoms with van der Waals surface area (Å²) in [6.45, 7) is 0. The van der Waals surface area contributed by atoms with Gasteiger partial charge in [-0.1, -0.05) is 36.4 Å². The molecule has 6 nitrogen and oxygen atoms in total. The van der Waals surface area contributed by atoms with Gasteiger partial charge >= 0.3 is 0 Å². The van der Waals surface area contributed by atoms with Gasteiger partial charge < -0.3 is 10.6 Å². The molecule has 4 N–H and O–H groups in total. The van der Waals surface area contributed by atoms with Crippen LogP contribution in [0, 0.1) is 17.2 Å². The highest BCUT2D eigenvalue weighted by Gasteiger charge is 2.22. The van der Waals surface area contributed by atoms with Crippen molar-refractivity contribution in [1.29, 1.82) is 5.26 Å². The fraction of sp³-hybridized carbons (Fsp3) is 0.222. The highest BCUT2D eigenvalue weighted by Crippen LogP contribution is 2.16. The summed E-state index contributed by atoms with van der Waals surface area (Å²) >= 11 is 4.26. The zero-order valence-corrected chi connectivity index (χ0v) is 14.4. The quantitative estimate of drug-likeness (QED) is 0.295. The Morgan fingerprint density at radius 3 is 2.04 bits per heavy atom. The molecule has 7 heteroatoms. The molecule has 0 aliphatic rings. The third kappa shape index (κ3) is 7.27. The van der Waals surface area contributed by atoms with Crippen molar-refractivity contribution in [3.8, 4) is 6.07 Å². The number of hydrogen-bond donors (Lipinski definition) is 5. The molecular formula is C18H21N3O3S. The average molecular weight is 359 g/mol. The van der Waals surface area contributed by atoms with Gasteiger partial charge in [-0.05, 0) is 30.7 Å². The van der Waals surface area contributed by atoms with Crippen LogP contribution in [0.4, 0.5) is 11.4 Å². The number of amides is 1. The first-order valence-electron chi connectivity index (χ1n) is 7.61. The third-order valence-corrected chi connectivity index (χ3v) is 3.86. The first-order valence-corrected chi connectivity index (χ1v) is 8.24. The van der Waals surface area contributed by atoms with Crippen LogP contribution in [0.1, 0.15) is 6.42 Å². The van der Waals surface area contributed by atoms with E-state index in [0.717, 1.165) is 11.4 Å². The zero-order valence-electron chi connectivity index (χ0n) is 13.5. The number of carbonyl (C=O) groups is 1. The van der Waals surface area contributed by atoms with Crippen LogP contribution in [0.5, 0.6) is 0 Å². The molecule has 0 aliphatic carbocycles. The molecule has 25 heavy (non-hydrogen) atoms. The van der Waals surface area contributed by atoms with Gasteiger partial charge in [0, 0.05) is 17.1 Å². The predicted octanol–water partition coefficient (Wildman–Crippen LogP) is 3.58. The molecule has 132 valence electrons. The van der Waals surface area contributed by atoms with E-state index in [0.29, 0.717) is 12.2 Å². The maximum absolute atomic E-state index is 12.4. The third-order valence-electron chi connectivity index (χ3n) is 3.42. The van der Waals surface area contributed by atoms with Gasteiger partial charge in [0.15, 0.2) is 0 Å². The van der Waals surface area contributed by atoms with E-state index in [9.17, 15) is 10.1 Å². The molecular weight excluding hydrogens is 338 g/mol. The van der Waals surface area contributed by atoms with Gasteiger partial charge in [-0.15, -0.1) is 0 Å². The van der Waals surface area contributed by atoms with Gasteiger partial charge in [-0.25, -0.2) is 0 Å². The van der Waals surface area contributed by atoms with Crippen molar-refractivity contribution in [1.82, 2.24) is 0 Å². The standard InChI is InChI=1S/C18H19N3OS.H2O2/c19-12-17(20-15-7-3-1-4-8-15)11-14(13-23)18(22)21-16-9-5-2-6-10-16;1-2/h1-10,14,17,20,23H,11,13H2,(H,21,22);1-2H. The molecule has 0 heterocycles. The molecule has 0 fully saturated rings. The number of thiol groups is 1. The number of carbonyl (C=O) groups excluding carboxylic acids is 1. The lowest BCUT2D eigenvalue weighted by Gasteiger charge is -2.19. The Labute approximate surface area is 152 Å². The first kappa shape index (κ1) is 20.5. The Kier molecular flexibility index (Phi) is 9.78. The van der Waals surface area contributed by atoms with Gasteiger partial charge in [0.25, 0.3) is 0 Å². The van der Waals surface area contributed by atoms with Crippen LogP contribution in [0.15, 0.2) is 60.7 Å². The van der Waals surface area contributed by atoms with Crippen molar-refractivity contribution in [2.75, 3.05) is 16.4 Å². The highest BCUT2D eigenvalue weighted by molar-refractivity contribution is 7.80. The molecule has 0 saturated heterocycles. The second-order valence-electron chi connectivity index (χ2n) is 5.16. The second-order valence-corrected chi connectivity index (χ2v) is 5.53. The maximum atomic E-state index is 12.4. The van der Waals surface area contributed by atoms with Crippen LogP contribution in [-0.2, 0) is 4.79 Å². The molecule has 2 unspecified atom stereocenters. The van der Waals surface area contributed by atoms with Crippen molar-refractivity contribution in [2.24, 2.45) is 5.92 Å². The molecule has 0 radical (unpaired) electrons. The lowest BCUT2D eigenvalue weighted by atomic mass is 10.0. The second kappa shape index (κ2) is 11.9. The SMILES string of the molecule is N#CC(CC(CS)C(=O)Nc1ccccc1)Nc1ccccc1.OO. The fourth-order valence-corrected chi connectivity index (χ4v) is 2.51. The summed E-state index contributed by atoms with van der Waals surface area (Å²) in [6.07, 6.45) is 0.396. The van der Waals surface area contributed by atoms with Gasteiger partial charge in [0.1, 0.15) is 6.04 Å². The van der Waals surface area contributed by atoms with Crippen molar-refractivity contribution < 1.29 is 15.3 Å². The Morgan fingerprint density at radius 1 is 1.04 bits per heavy atom. The fourth-order valence-electron chi connectivity index (χ4n) is 2.19. The van der Waals surface area contributed by atoms with Gasteiger partial charge in [-0.2, -0.15) is 17.9 Å². The van der Waals surface area contributed by atoms with E-state index in [-0.39, 0.29) is 11.8 Å². The average Bonchev–Trinajstić information content (AvgIpc) is 2.68. The van der Waals surface area contributed by atoms with Crippen molar-refractivity contribution in [3.05, 3.63) is 60.7 Å². The number of nitrogens with zero attached hydrogens (tertiary/aromatic N) is 1. The van der Waals surface area contributed by atoms with Gasteiger partial charge in [0.05, 0.1) is 12.0 Å². The molecule has 0 aliphatic heterocycles. The van der Waals surface area contributed by atoms with Gasteiger partial charge in [0.2, 0.25) is 5.91 Å². The summed E-state index contributed by atoms with van der Waals surface area (Å²) in [7, 11) is 0. The summed E-state index contributed by atoms with van der Waals surface area (Å²) in [5.74, 6) is -0.0893. The van der Waals surface area contributed by atoms with E-state index in [1.54, 1.807) is 0 Å². The largest absolute Gasteiger partial charge is 0.370 e. The topological polar surface area (TPSA) is 105 Å². The molecule has 2 rings (SSSR count). The van der Waals surface area contributed by atoms with E-state index in [1.807, 2.05) is 60.7 Å². The summed E-state index contributed by atoms with van der Waals surface area (Å²) in [5, 5.41) is 27.3. The zero-order chi connectivity index (χ0) is 18.5. The van der Waals surface area contributed by atoms with Crippen LogP contribution < -0.4 is 10.6 Å². The minimum Gasteiger partial charge on any atom is -0.370 e. The number of nitriles is 1. The monoisotopic (exact) mass is 359 g/mol. The number of para-hydroxylation sites is 2. The van der Waals surface area contributed by atoms with E-state index >= 15 is 0 Å². The maximum Gasteiger partial charge on any atom is 0.228 e. The van der Waals surface area contributed by atoms with Gasteiger partial charge in [-0.3, -0.25) is 15.3 Å². The molecule has 0 saturated carbocycles. The predicted molar refractivity (Wildman–Crippen MR) is 102 cm³/mol. The molecule has 2 aromatic carbocycles. The van der Waals surface area contributed by atoms with E-state index in [4.69, 9.17) is 10.5 Å². The van der Waals surface area contributed by atoms with Crippen LogP contribution >= 0.6 is 12.6 Å².